The molecule has 1 atom stereocenters. The van der Waals surface area contributed by atoms with Crippen LogP contribution in [0, 0.1) is 0 Å². The predicted molar refractivity (Wildman–Crippen MR) is 69.8 cm³/mol. The van der Waals surface area contributed by atoms with E-state index in [1.807, 2.05) is 0 Å². The molecule has 0 amide bonds. The highest BCUT2D eigenvalue weighted by Gasteiger charge is 2.42. The van der Waals surface area contributed by atoms with Crippen LogP contribution in [0.5, 0.6) is 0 Å². The normalized spacial score (nSPS) is 26.7. The van der Waals surface area contributed by atoms with Gasteiger partial charge in [0, 0.05) is 19.6 Å². The molecule has 0 bridgehead atoms. The second kappa shape index (κ2) is 6.79. The Balaban J connectivity index is 2.88. The highest BCUT2D eigenvalue weighted by Crippen LogP contribution is 2.28. The molecular weight excluding hydrogens is 234 g/mol. The Morgan fingerprint density at radius 3 is 2.06 bits per heavy atom. The average molecular weight is 261 g/mol. The van der Waals surface area contributed by atoms with Gasteiger partial charge in [0.1, 0.15) is 0 Å². The van der Waals surface area contributed by atoms with Gasteiger partial charge in [-0.15, -0.1) is 0 Å². The summed E-state index contributed by atoms with van der Waals surface area (Å²) in [5.74, 6) is 0. The third kappa shape index (κ3) is 3.20. The number of β-amino-alcohol motifs (C(OH)–C–C–N with tert-alkyl or cyclic N) is 3. The van der Waals surface area contributed by atoms with Crippen LogP contribution in [0.15, 0.2) is 0 Å². The van der Waals surface area contributed by atoms with Crippen molar-refractivity contribution in [1.29, 1.82) is 0 Å². The van der Waals surface area contributed by atoms with Gasteiger partial charge in [0.2, 0.25) is 0 Å². The number of hydrogen-bond acceptors (Lipinski definition) is 6. The van der Waals surface area contributed by atoms with Crippen LogP contribution in [0.25, 0.3) is 0 Å². The van der Waals surface area contributed by atoms with Gasteiger partial charge >= 0.3 is 0 Å². The molecule has 6 nitrogen and oxygen atoms in total. The Labute approximate surface area is 109 Å². The first-order chi connectivity index (χ1) is 8.48. The summed E-state index contributed by atoms with van der Waals surface area (Å²) in [5.41, 5.74) is -0.211. The maximum atomic E-state index is 9.22. The van der Waals surface area contributed by atoms with Gasteiger partial charge in [-0.1, -0.05) is 0 Å². The quantitative estimate of drug-likeness (QED) is 0.565. The highest BCUT2D eigenvalue weighted by atomic mass is 16.3. The van der Waals surface area contributed by atoms with E-state index in [-0.39, 0.29) is 31.6 Å². The number of nitrogens with zero attached hydrogens (tertiary/aromatic N) is 3. The maximum Gasteiger partial charge on any atom is 0.0704 e. The Morgan fingerprint density at radius 2 is 1.56 bits per heavy atom. The number of aliphatic hydroxyl groups excluding tert-OH is 3. The minimum atomic E-state index is -0.211. The Bertz CT molecular complexity index is 251. The van der Waals surface area contributed by atoms with E-state index in [1.54, 1.807) is 0 Å². The largest absolute Gasteiger partial charge is 0.395 e. The van der Waals surface area contributed by atoms with Gasteiger partial charge in [-0.25, -0.2) is 0 Å². The summed E-state index contributed by atoms with van der Waals surface area (Å²) in [7, 11) is 0. The minimum absolute atomic E-state index is 0.105. The van der Waals surface area contributed by atoms with E-state index >= 15 is 0 Å². The molecule has 0 saturated carbocycles. The molecule has 1 heterocycles. The Hall–Kier alpha value is -0.240. The second-order valence-corrected chi connectivity index (χ2v) is 5.21. The van der Waals surface area contributed by atoms with Gasteiger partial charge in [0.05, 0.1) is 38.3 Å². The zero-order valence-electron chi connectivity index (χ0n) is 11.7. The van der Waals surface area contributed by atoms with Crippen molar-refractivity contribution in [3.63, 3.8) is 0 Å². The van der Waals surface area contributed by atoms with Crippen molar-refractivity contribution in [1.82, 2.24) is 14.7 Å². The topological polar surface area (TPSA) is 70.4 Å². The summed E-state index contributed by atoms with van der Waals surface area (Å²) in [4.78, 5) is 6.51. The first-order valence-corrected chi connectivity index (χ1v) is 6.57. The van der Waals surface area contributed by atoms with Crippen LogP contribution >= 0.6 is 0 Å². The van der Waals surface area contributed by atoms with E-state index in [0.717, 1.165) is 6.67 Å². The molecule has 18 heavy (non-hydrogen) atoms. The molecule has 0 aromatic heterocycles. The predicted octanol–water partition coefficient (Wildman–Crippen LogP) is -1.08. The molecule has 1 saturated heterocycles. The molecular formula is C12H27N3O3. The van der Waals surface area contributed by atoms with E-state index in [1.165, 1.54) is 0 Å². The average Bonchev–Trinajstić information content (AvgIpc) is 2.31. The summed E-state index contributed by atoms with van der Waals surface area (Å²) >= 11 is 0. The summed E-state index contributed by atoms with van der Waals surface area (Å²) in [6.45, 7) is 9.11. The fraction of sp³-hybridized carbons (Fsp3) is 1.00. The molecule has 0 aromatic carbocycles. The van der Waals surface area contributed by atoms with Crippen molar-refractivity contribution < 1.29 is 15.3 Å². The van der Waals surface area contributed by atoms with E-state index in [9.17, 15) is 10.2 Å². The summed E-state index contributed by atoms with van der Waals surface area (Å²) in [6.07, 6.45) is 0.161. The van der Waals surface area contributed by atoms with Gasteiger partial charge in [0.25, 0.3) is 0 Å². The molecule has 108 valence electrons. The van der Waals surface area contributed by atoms with Crippen molar-refractivity contribution in [3.05, 3.63) is 0 Å². The smallest absolute Gasteiger partial charge is 0.0704 e. The van der Waals surface area contributed by atoms with Crippen molar-refractivity contribution >= 4 is 0 Å². The lowest BCUT2D eigenvalue weighted by Gasteiger charge is -2.57. The van der Waals surface area contributed by atoms with Crippen molar-refractivity contribution in [2.45, 2.75) is 32.6 Å². The van der Waals surface area contributed by atoms with Crippen LogP contribution in [0.1, 0.15) is 20.8 Å². The maximum absolute atomic E-state index is 9.22. The number of hydrogen-bond donors (Lipinski definition) is 3. The minimum Gasteiger partial charge on any atom is -0.395 e. The van der Waals surface area contributed by atoms with Gasteiger partial charge in [-0.05, 0) is 20.8 Å². The Kier molecular flexibility index (Phi) is 5.97. The number of rotatable bonds is 6. The van der Waals surface area contributed by atoms with Crippen LogP contribution < -0.4 is 0 Å². The van der Waals surface area contributed by atoms with Crippen molar-refractivity contribution in [3.8, 4) is 0 Å². The Morgan fingerprint density at radius 1 is 1.00 bits per heavy atom. The van der Waals surface area contributed by atoms with Crippen LogP contribution in [0.3, 0.4) is 0 Å². The first kappa shape index (κ1) is 15.8. The molecule has 1 aliphatic rings. The molecule has 3 N–H and O–H groups in total. The molecule has 0 aliphatic carbocycles. The second-order valence-electron chi connectivity index (χ2n) is 5.21. The van der Waals surface area contributed by atoms with E-state index in [2.05, 4.69) is 35.5 Å². The van der Waals surface area contributed by atoms with Gasteiger partial charge in [0.15, 0.2) is 0 Å². The van der Waals surface area contributed by atoms with Crippen molar-refractivity contribution in [2.75, 3.05) is 46.1 Å². The van der Waals surface area contributed by atoms with Crippen LogP contribution in [0.4, 0.5) is 0 Å². The zero-order chi connectivity index (χ0) is 13.8. The highest BCUT2D eigenvalue weighted by molar-refractivity contribution is 4.90. The van der Waals surface area contributed by atoms with Gasteiger partial charge in [-0.3, -0.25) is 14.7 Å². The van der Waals surface area contributed by atoms with Crippen LogP contribution in [-0.4, -0.2) is 88.0 Å². The van der Waals surface area contributed by atoms with Gasteiger partial charge < -0.3 is 15.3 Å². The molecule has 1 fully saturated rings. The summed E-state index contributed by atoms with van der Waals surface area (Å²) < 4.78 is 0. The zero-order valence-corrected chi connectivity index (χ0v) is 11.7. The lowest BCUT2D eigenvalue weighted by molar-refractivity contribution is -0.178. The molecule has 1 rings (SSSR count). The van der Waals surface area contributed by atoms with E-state index < -0.39 is 0 Å². The molecule has 1 aliphatic heterocycles. The lowest BCUT2D eigenvalue weighted by Crippen LogP contribution is -2.71. The SMILES string of the molecule is CC1N(CCO)CN(CCO)C(C)(C)N1CCO. The first-order valence-electron chi connectivity index (χ1n) is 6.57. The fourth-order valence-corrected chi connectivity index (χ4v) is 2.77. The molecule has 6 heteroatoms. The molecule has 0 spiro atoms. The molecule has 0 aromatic rings. The van der Waals surface area contributed by atoms with Crippen LogP contribution in [0.2, 0.25) is 0 Å². The van der Waals surface area contributed by atoms with E-state index in [4.69, 9.17) is 5.11 Å². The molecule has 0 radical (unpaired) electrons. The third-order valence-corrected chi connectivity index (χ3v) is 3.91. The third-order valence-electron chi connectivity index (χ3n) is 3.91. The number of aliphatic hydroxyl groups is 3. The molecule has 1 unspecified atom stereocenters. The van der Waals surface area contributed by atoms with E-state index in [0.29, 0.717) is 19.6 Å². The summed E-state index contributed by atoms with van der Waals surface area (Å²) in [6, 6.07) is 0. The van der Waals surface area contributed by atoms with Crippen molar-refractivity contribution in [2.24, 2.45) is 0 Å². The van der Waals surface area contributed by atoms with Crippen LogP contribution in [-0.2, 0) is 0 Å². The fourth-order valence-electron chi connectivity index (χ4n) is 2.77. The summed E-state index contributed by atoms with van der Waals surface area (Å²) in [5, 5.41) is 27.5. The van der Waals surface area contributed by atoms with Gasteiger partial charge in [-0.2, -0.15) is 0 Å². The lowest BCUT2D eigenvalue weighted by atomic mass is 10.1. The standard InChI is InChI=1S/C12H27N3O3/c1-11-13(4-7-16)10-14(5-8-17)12(2,3)15(11)6-9-18/h11,16-18H,4-10H2,1-3H3. The monoisotopic (exact) mass is 261 g/mol.